The van der Waals surface area contributed by atoms with Gasteiger partial charge in [-0.2, -0.15) is 0 Å². The van der Waals surface area contributed by atoms with Crippen molar-refractivity contribution in [3.05, 3.63) is 30.3 Å². The van der Waals surface area contributed by atoms with Crippen molar-refractivity contribution in [2.24, 2.45) is 0 Å². The maximum absolute atomic E-state index is 10.3. The molecular formula is C6H5O3PZn. The van der Waals surface area contributed by atoms with Gasteiger partial charge in [0.1, 0.15) is 0 Å². The maximum Gasteiger partial charge on any atom is 2.00 e. The summed E-state index contributed by atoms with van der Waals surface area (Å²) in [7, 11) is -4.52. The van der Waals surface area contributed by atoms with Crippen LogP contribution < -0.4 is 15.1 Å². The van der Waals surface area contributed by atoms with Crippen molar-refractivity contribution >= 4 is 12.9 Å². The average Bonchev–Trinajstić information content (AvgIpc) is 1.88. The molecule has 1 rings (SSSR count). The molecule has 5 heteroatoms. The zero-order chi connectivity index (χ0) is 7.61. The zero-order valence-electron chi connectivity index (χ0n) is 5.77. The van der Waals surface area contributed by atoms with E-state index in [2.05, 4.69) is 0 Å². The zero-order valence-corrected chi connectivity index (χ0v) is 9.63. The normalized spacial score (nSPS) is 10.4. The molecule has 1 aromatic carbocycles. The van der Waals surface area contributed by atoms with Crippen LogP contribution in [0.25, 0.3) is 0 Å². The second-order valence-corrected chi connectivity index (χ2v) is 3.34. The summed E-state index contributed by atoms with van der Waals surface area (Å²) in [6, 6.07) is 7.23. The van der Waals surface area contributed by atoms with Crippen LogP contribution >= 0.6 is 7.60 Å². The summed E-state index contributed by atoms with van der Waals surface area (Å²) in [6.07, 6.45) is 0. The van der Waals surface area contributed by atoms with Gasteiger partial charge in [0.25, 0.3) is 0 Å². The first kappa shape index (κ1) is 11.0. The van der Waals surface area contributed by atoms with E-state index in [9.17, 15) is 14.4 Å². The third-order valence-electron chi connectivity index (χ3n) is 1.07. The van der Waals surface area contributed by atoms with Gasteiger partial charge in [0, 0.05) is 0 Å². The van der Waals surface area contributed by atoms with E-state index < -0.39 is 7.60 Å². The minimum Gasteiger partial charge on any atom is -0.807 e. The van der Waals surface area contributed by atoms with E-state index in [1.165, 1.54) is 24.3 Å². The average molecular weight is 221 g/mol. The minimum atomic E-state index is -4.52. The summed E-state index contributed by atoms with van der Waals surface area (Å²) in [5, 5.41) is -0.157. The van der Waals surface area contributed by atoms with Crippen LogP contribution in [-0.4, -0.2) is 0 Å². The van der Waals surface area contributed by atoms with Crippen molar-refractivity contribution in [3.63, 3.8) is 0 Å². The third kappa shape index (κ3) is 3.26. The Morgan fingerprint density at radius 2 is 1.55 bits per heavy atom. The van der Waals surface area contributed by atoms with Gasteiger partial charge in [-0.15, -0.1) is 0 Å². The summed E-state index contributed by atoms with van der Waals surface area (Å²) in [4.78, 5) is 20.6. The first-order chi connectivity index (χ1) is 4.61. The van der Waals surface area contributed by atoms with E-state index in [-0.39, 0.29) is 24.8 Å². The fraction of sp³-hybridized carbons (Fsp3) is 0. The molecule has 0 atom stereocenters. The Morgan fingerprint density at radius 3 is 1.82 bits per heavy atom. The molecule has 0 heterocycles. The van der Waals surface area contributed by atoms with Gasteiger partial charge in [0.05, 0.1) is 0 Å². The molecule has 0 unspecified atom stereocenters. The molecule has 0 aliphatic rings. The largest absolute Gasteiger partial charge is 2.00 e. The topological polar surface area (TPSA) is 63.2 Å². The van der Waals surface area contributed by atoms with Gasteiger partial charge in [0.15, 0.2) is 0 Å². The van der Waals surface area contributed by atoms with Crippen LogP contribution in [0.5, 0.6) is 0 Å². The van der Waals surface area contributed by atoms with Crippen molar-refractivity contribution in [3.8, 4) is 0 Å². The number of rotatable bonds is 1. The number of hydrogen-bond donors (Lipinski definition) is 0. The van der Waals surface area contributed by atoms with E-state index in [0.29, 0.717) is 0 Å². The minimum absolute atomic E-state index is 0. The monoisotopic (exact) mass is 220 g/mol. The van der Waals surface area contributed by atoms with Crippen LogP contribution in [0, 0.1) is 0 Å². The fourth-order valence-corrected chi connectivity index (χ4v) is 1.15. The molecule has 0 aliphatic carbocycles. The molecular weight excluding hydrogens is 216 g/mol. The van der Waals surface area contributed by atoms with Gasteiger partial charge in [0.2, 0.25) is 0 Å². The molecule has 0 radical (unpaired) electrons. The number of benzene rings is 1. The van der Waals surface area contributed by atoms with E-state index in [4.69, 9.17) is 0 Å². The van der Waals surface area contributed by atoms with E-state index in [1.807, 2.05) is 0 Å². The van der Waals surface area contributed by atoms with Gasteiger partial charge in [-0.05, 0) is 12.9 Å². The Hall–Kier alpha value is -0.00662. The van der Waals surface area contributed by atoms with Crippen LogP contribution in [-0.2, 0) is 24.0 Å². The molecule has 1 aromatic rings. The maximum atomic E-state index is 10.3. The Morgan fingerprint density at radius 1 is 1.09 bits per heavy atom. The molecule has 0 amide bonds. The number of hydrogen-bond acceptors (Lipinski definition) is 3. The van der Waals surface area contributed by atoms with Crippen molar-refractivity contribution in [1.29, 1.82) is 0 Å². The predicted molar refractivity (Wildman–Crippen MR) is 33.7 cm³/mol. The Kier molecular flexibility index (Phi) is 4.13. The predicted octanol–water partition coefficient (Wildman–Crippen LogP) is -0.777. The van der Waals surface area contributed by atoms with Crippen LogP contribution in [0.15, 0.2) is 30.3 Å². The van der Waals surface area contributed by atoms with Crippen molar-refractivity contribution < 1.29 is 33.8 Å². The van der Waals surface area contributed by atoms with E-state index in [1.54, 1.807) is 6.07 Å². The quantitative estimate of drug-likeness (QED) is 0.462. The van der Waals surface area contributed by atoms with Gasteiger partial charge in [-0.1, -0.05) is 30.3 Å². The fourth-order valence-electron chi connectivity index (χ4n) is 0.611. The smallest absolute Gasteiger partial charge is 0.807 e. The van der Waals surface area contributed by atoms with Crippen LogP contribution in [0.4, 0.5) is 0 Å². The van der Waals surface area contributed by atoms with Crippen LogP contribution in [0.3, 0.4) is 0 Å². The molecule has 3 nitrogen and oxygen atoms in total. The van der Waals surface area contributed by atoms with Crippen molar-refractivity contribution in [2.75, 3.05) is 0 Å². The molecule has 0 aromatic heterocycles. The van der Waals surface area contributed by atoms with E-state index in [0.717, 1.165) is 0 Å². The molecule has 0 saturated carbocycles. The summed E-state index contributed by atoms with van der Waals surface area (Å²) in [6.45, 7) is 0. The third-order valence-corrected chi connectivity index (χ3v) is 2.00. The Bertz CT molecular complexity index is 256. The summed E-state index contributed by atoms with van der Waals surface area (Å²) < 4.78 is 10.3. The van der Waals surface area contributed by atoms with Crippen LogP contribution in [0.1, 0.15) is 0 Å². The standard InChI is InChI=1S/C6H7O3P.Zn/c7-10(8,9)6-4-2-1-3-5-6;/h1-5H,(H2,7,8,9);/q;+2/p-2. The van der Waals surface area contributed by atoms with E-state index >= 15 is 0 Å². The first-order valence-electron chi connectivity index (χ1n) is 2.68. The van der Waals surface area contributed by atoms with Crippen molar-refractivity contribution in [1.82, 2.24) is 0 Å². The second kappa shape index (κ2) is 4.13. The molecule has 11 heavy (non-hydrogen) atoms. The second-order valence-electron chi connectivity index (χ2n) is 1.83. The molecule has 0 fully saturated rings. The van der Waals surface area contributed by atoms with Crippen molar-refractivity contribution in [2.45, 2.75) is 0 Å². The molecule has 0 bridgehead atoms. The Balaban J connectivity index is 0.000001000. The summed E-state index contributed by atoms with van der Waals surface area (Å²) >= 11 is 0. The molecule has 0 spiro atoms. The molecule has 0 N–H and O–H groups in total. The SMILES string of the molecule is O=P([O-])([O-])c1ccccc1.[Zn+2]. The van der Waals surface area contributed by atoms with Gasteiger partial charge >= 0.3 is 19.5 Å². The molecule has 0 saturated heterocycles. The molecule has 0 aliphatic heterocycles. The Labute approximate surface area is 77.4 Å². The first-order valence-corrected chi connectivity index (χ1v) is 4.22. The van der Waals surface area contributed by atoms with Gasteiger partial charge in [-0.25, -0.2) is 0 Å². The molecule has 54 valence electrons. The van der Waals surface area contributed by atoms with Gasteiger partial charge in [-0.3, -0.25) is 0 Å². The van der Waals surface area contributed by atoms with Gasteiger partial charge < -0.3 is 14.4 Å². The van der Waals surface area contributed by atoms with Crippen LogP contribution in [0.2, 0.25) is 0 Å². The summed E-state index contributed by atoms with van der Waals surface area (Å²) in [5.41, 5.74) is 0. The summed E-state index contributed by atoms with van der Waals surface area (Å²) in [5.74, 6) is 0.